The molecule has 0 bridgehead atoms. The maximum Gasteiger partial charge on any atom is 0.292 e. The number of amides is 1. The zero-order valence-electron chi connectivity index (χ0n) is 8.61. The lowest BCUT2D eigenvalue weighted by molar-refractivity contribution is -0.119. The number of carbonyl (C=O) groups excluding carboxylic acids is 1. The molecule has 1 rings (SSSR count). The number of benzene rings is 1. The van der Waals surface area contributed by atoms with Crippen LogP contribution in [0.15, 0.2) is 23.2 Å². The second-order valence-corrected chi connectivity index (χ2v) is 3.39. The normalized spacial score (nSPS) is 9.20. The van der Waals surface area contributed by atoms with E-state index in [-0.39, 0.29) is 6.61 Å². The van der Waals surface area contributed by atoms with Crippen molar-refractivity contribution in [1.29, 1.82) is 0 Å². The van der Waals surface area contributed by atoms with Gasteiger partial charge < -0.3 is 4.74 Å². The Morgan fingerprint density at radius 2 is 2.00 bits per heavy atom. The van der Waals surface area contributed by atoms with Gasteiger partial charge >= 0.3 is 0 Å². The third kappa shape index (κ3) is 4.02. The van der Waals surface area contributed by atoms with Crippen LogP contribution in [0, 0.1) is 13.8 Å². The molecule has 0 saturated heterocycles. The van der Waals surface area contributed by atoms with E-state index >= 15 is 0 Å². The Morgan fingerprint density at radius 1 is 1.40 bits per heavy atom. The van der Waals surface area contributed by atoms with E-state index in [1.807, 2.05) is 37.2 Å². The fraction of sp³-hybridized carbons (Fsp3) is 0.273. The first kappa shape index (κ1) is 11.6. The minimum absolute atomic E-state index is 0.105. The van der Waals surface area contributed by atoms with Gasteiger partial charge in [0.05, 0.1) is 5.16 Å². The SMILES string of the molecule is Cc1cc(C)cc(OCC(=O)N=C=S)c1. The molecule has 1 amide bonds. The highest BCUT2D eigenvalue weighted by atomic mass is 32.1. The van der Waals surface area contributed by atoms with Crippen molar-refractivity contribution in [3.05, 3.63) is 29.3 Å². The van der Waals surface area contributed by atoms with E-state index in [9.17, 15) is 4.79 Å². The van der Waals surface area contributed by atoms with Gasteiger partial charge in [0.2, 0.25) is 0 Å². The predicted molar refractivity (Wildman–Crippen MR) is 61.4 cm³/mol. The smallest absolute Gasteiger partial charge is 0.292 e. The molecule has 0 N–H and O–H groups in total. The maximum atomic E-state index is 11.0. The summed E-state index contributed by atoms with van der Waals surface area (Å²) in [6.45, 7) is 3.83. The molecule has 0 aliphatic carbocycles. The molecule has 4 heteroatoms. The first-order valence-corrected chi connectivity index (χ1v) is 4.84. The Labute approximate surface area is 93.8 Å². The van der Waals surface area contributed by atoms with Crippen molar-refractivity contribution < 1.29 is 9.53 Å². The lowest BCUT2D eigenvalue weighted by atomic mass is 10.1. The lowest BCUT2D eigenvalue weighted by Crippen LogP contribution is -2.08. The first-order valence-electron chi connectivity index (χ1n) is 4.43. The number of ether oxygens (including phenoxy) is 1. The zero-order chi connectivity index (χ0) is 11.3. The van der Waals surface area contributed by atoms with Gasteiger partial charge in [0.25, 0.3) is 5.91 Å². The van der Waals surface area contributed by atoms with Crippen LogP contribution in [0.3, 0.4) is 0 Å². The van der Waals surface area contributed by atoms with E-state index in [0.717, 1.165) is 11.1 Å². The van der Waals surface area contributed by atoms with Crippen LogP contribution in [-0.4, -0.2) is 17.7 Å². The number of isothiocyanates is 1. The summed E-state index contributed by atoms with van der Waals surface area (Å²) in [6.07, 6.45) is 0. The highest BCUT2D eigenvalue weighted by molar-refractivity contribution is 7.78. The van der Waals surface area contributed by atoms with E-state index in [2.05, 4.69) is 17.2 Å². The van der Waals surface area contributed by atoms with Crippen molar-refractivity contribution in [2.75, 3.05) is 6.61 Å². The molecule has 0 aliphatic heterocycles. The Kier molecular flexibility index (Phi) is 4.16. The molecule has 1 aromatic carbocycles. The molecule has 0 aliphatic rings. The molecule has 0 radical (unpaired) electrons. The van der Waals surface area contributed by atoms with Crippen LogP contribution in [0.2, 0.25) is 0 Å². The molecule has 0 saturated carbocycles. The Bertz CT molecular complexity index is 402. The third-order valence-corrected chi connectivity index (χ3v) is 1.82. The molecule has 0 heterocycles. The van der Waals surface area contributed by atoms with Gasteiger partial charge in [-0.3, -0.25) is 4.79 Å². The fourth-order valence-corrected chi connectivity index (χ4v) is 1.35. The number of hydrogen-bond donors (Lipinski definition) is 0. The number of rotatable bonds is 3. The summed E-state index contributed by atoms with van der Waals surface area (Å²) in [5.41, 5.74) is 2.19. The molecule has 0 atom stereocenters. The summed E-state index contributed by atoms with van der Waals surface area (Å²) < 4.78 is 5.25. The molecular weight excluding hydrogens is 210 g/mol. The number of nitrogens with zero attached hydrogens (tertiary/aromatic N) is 1. The molecule has 0 fully saturated rings. The van der Waals surface area contributed by atoms with Gasteiger partial charge in [-0.2, -0.15) is 4.99 Å². The predicted octanol–water partition coefficient (Wildman–Crippen LogP) is 2.31. The summed E-state index contributed by atoms with van der Waals surface area (Å²) in [6, 6.07) is 5.76. The van der Waals surface area contributed by atoms with Crippen LogP contribution < -0.4 is 4.74 Å². The summed E-state index contributed by atoms with van der Waals surface area (Å²) in [4.78, 5) is 14.3. The molecule has 0 unspecified atom stereocenters. The second-order valence-electron chi connectivity index (χ2n) is 3.21. The van der Waals surface area contributed by atoms with E-state index in [1.165, 1.54) is 0 Å². The molecule has 0 spiro atoms. The summed E-state index contributed by atoms with van der Waals surface area (Å²) in [5, 5.41) is 2.01. The summed E-state index contributed by atoms with van der Waals surface area (Å²) >= 11 is 4.31. The van der Waals surface area contributed by atoms with E-state index in [0.29, 0.717) is 5.75 Å². The molecule has 15 heavy (non-hydrogen) atoms. The first-order chi connectivity index (χ1) is 7.11. The van der Waals surface area contributed by atoms with Crippen molar-refractivity contribution in [3.8, 4) is 5.75 Å². The van der Waals surface area contributed by atoms with Gasteiger partial charge in [0.1, 0.15) is 5.75 Å². The maximum absolute atomic E-state index is 11.0. The molecule has 1 aromatic rings. The number of aryl methyl sites for hydroxylation is 2. The molecule has 0 aromatic heterocycles. The quantitative estimate of drug-likeness (QED) is 0.580. The Balaban J connectivity index is 2.65. The topological polar surface area (TPSA) is 38.7 Å². The standard InChI is InChI=1S/C11H11NO2S/c1-8-3-9(2)5-10(4-8)14-6-11(13)12-7-15/h3-5H,6H2,1-2H3. The average molecular weight is 221 g/mol. The Morgan fingerprint density at radius 3 is 2.53 bits per heavy atom. The van der Waals surface area contributed by atoms with Crippen molar-refractivity contribution in [3.63, 3.8) is 0 Å². The number of carbonyl (C=O) groups is 1. The van der Waals surface area contributed by atoms with Crippen molar-refractivity contribution in [1.82, 2.24) is 0 Å². The van der Waals surface area contributed by atoms with Gasteiger partial charge in [-0.05, 0) is 49.3 Å². The summed E-state index contributed by atoms with van der Waals surface area (Å²) in [5.74, 6) is 0.240. The molecule has 3 nitrogen and oxygen atoms in total. The average Bonchev–Trinajstić information content (AvgIpc) is 2.14. The third-order valence-electron chi connectivity index (χ3n) is 1.73. The van der Waals surface area contributed by atoms with Gasteiger partial charge in [0, 0.05) is 0 Å². The fourth-order valence-electron chi connectivity index (χ4n) is 1.24. The number of hydrogen-bond acceptors (Lipinski definition) is 3. The minimum atomic E-state index is -0.427. The minimum Gasteiger partial charge on any atom is -0.484 e. The number of aliphatic imine (C=N–C) groups is 1. The van der Waals surface area contributed by atoms with E-state index in [1.54, 1.807) is 0 Å². The highest BCUT2D eigenvalue weighted by Crippen LogP contribution is 2.15. The van der Waals surface area contributed by atoms with Crippen molar-refractivity contribution >= 4 is 23.3 Å². The van der Waals surface area contributed by atoms with E-state index in [4.69, 9.17) is 4.74 Å². The van der Waals surface area contributed by atoms with Crippen LogP contribution in [0.4, 0.5) is 0 Å². The van der Waals surface area contributed by atoms with Crippen molar-refractivity contribution in [2.45, 2.75) is 13.8 Å². The molecular formula is C11H11NO2S. The van der Waals surface area contributed by atoms with Crippen LogP contribution >= 0.6 is 12.2 Å². The monoisotopic (exact) mass is 221 g/mol. The lowest BCUT2D eigenvalue weighted by Gasteiger charge is -2.05. The molecule has 78 valence electrons. The zero-order valence-corrected chi connectivity index (χ0v) is 9.43. The second kappa shape index (κ2) is 5.39. The highest BCUT2D eigenvalue weighted by Gasteiger charge is 2.01. The Hall–Kier alpha value is -1.51. The largest absolute Gasteiger partial charge is 0.484 e. The summed E-state index contributed by atoms with van der Waals surface area (Å²) in [7, 11) is 0. The van der Waals surface area contributed by atoms with Crippen LogP contribution in [0.25, 0.3) is 0 Å². The van der Waals surface area contributed by atoms with Crippen LogP contribution in [0.5, 0.6) is 5.75 Å². The van der Waals surface area contributed by atoms with Gasteiger partial charge in [0.15, 0.2) is 6.61 Å². The van der Waals surface area contributed by atoms with Crippen molar-refractivity contribution in [2.24, 2.45) is 4.99 Å². The van der Waals surface area contributed by atoms with Crippen LogP contribution in [-0.2, 0) is 4.79 Å². The number of thiocarbonyl (C=S) groups is 1. The van der Waals surface area contributed by atoms with Crippen LogP contribution in [0.1, 0.15) is 11.1 Å². The van der Waals surface area contributed by atoms with Gasteiger partial charge in [-0.15, -0.1) is 0 Å². The van der Waals surface area contributed by atoms with Gasteiger partial charge in [-0.25, -0.2) is 0 Å². The van der Waals surface area contributed by atoms with E-state index < -0.39 is 5.91 Å². The van der Waals surface area contributed by atoms with Gasteiger partial charge in [-0.1, -0.05) is 6.07 Å².